The summed E-state index contributed by atoms with van der Waals surface area (Å²) in [6, 6.07) is 7.03. The van der Waals surface area contributed by atoms with Crippen LogP contribution in [0.5, 0.6) is 0 Å². The summed E-state index contributed by atoms with van der Waals surface area (Å²) in [6.07, 6.45) is -13.9. The summed E-state index contributed by atoms with van der Waals surface area (Å²) in [5.74, 6) is 0. The molecule has 0 radical (unpaired) electrons. The zero-order valence-corrected chi connectivity index (χ0v) is 18.9. The van der Waals surface area contributed by atoms with Crippen LogP contribution in [-0.4, -0.2) is 131 Å². The van der Waals surface area contributed by atoms with Gasteiger partial charge in [-0.25, -0.2) is 0 Å². The molecule has 1 rings (SSSR count). The number of aliphatic hydroxyl groups is 10. The quantitative estimate of drug-likeness (QED) is 0.109. The zero-order chi connectivity index (χ0) is 24.4. The maximum absolute atomic E-state index is 10.3. The van der Waals surface area contributed by atoms with E-state index in [0.717, 1.165) is 11.1 Å². The third-order valence-electron chi connectivity index (χ3n) is 5.21. The van der Waals surface area contributed by atoms with Crippen LogP contribution in [0.1, 0.15) is 11.1 Å². The van der Waals surface area contributed by atoms with Gasteiger partial charge in [0.2, 0.25) is 0 Å². The van der Waals surface area contributed by atoms with Crippen LogP contribution < -0.4 is 5.73 Å². The van der Waals surface area contributed by atoms with Crippen LogP contribution in [-0.2, 0) is 13.1 Å². The molecule has 194 valence electrons. The Morgan fingerprint density at radius 3 is 1.27 bits per heavy atom. The highest BCUT2D eigenvalue weighted by Crippen LogP contribution is 2.14. The van der Waals surface area contributed by atoms with E-state index in [1.54, 1.807) is 24.3 Å². The molecule has 8 unspecified atom stereocenters. The van der Waals surface area contributed by atoms with Crippen molar-refractivity contribution in [3.05, 3.63) is 35.4 Å². The van der Waals surface area contributed by atoms with Crippen LogP contribution in [0.4, 0.5) is 0 Å². The Kier molecular flexibility index (Phi) is 15.4. The lowest BCUT2D eigenvalue weighted by atomic mass is 10.0. The lowest BCUT2D eigenvalue weighted by molar-refractivity contribution is -0.131. The summed E-state index contributed by atoms with van der Waals surface area (Å²) in [6.45, 7) is -1.91. The van der Waals surface area contributed by atoms with E-state index >= 15 is 0 Å². The second-order valence-corrected chi connectivity index (χ2v) is 7.81. The Balaban J connectivity index is 0.0000102. The van der Waals surface area contributed by atoms with Crippen molar-refractivity contribution in [3.8, 4) is 0 Å². The fraction of sp³-hybridized carbons (Fsp3) is 0.700. The first kappa shape index (κ1) is 32.0. The van der Waals surface area contributed by atoms with E-state index in [0.29, 0.717) is 6.54 Å². The van der Waals surface area contributed by atoms with Crippen LogP contribution in [0.15, 0.2) is 24.3 Å². The highest BCUT2D eigenvalue weighted by atomic mass is 35.5. The molecule has 0 heterocycles. The van der Waals surface area contributed by atoms with Crippen LogP contribution in [0.2, 0.25) is 0 Å². The highest BCUT2D eigenvalue weighted by molar-refractivity contribution is 5.85. The Morgan fingerprint density at radius 2 is 0.939 bits per heavy atom. The van der Waals surface area contributed by atoms with Gasteiger partial charge in [0.15, 0.2) is 0 Å². The van der Waals surface area contributed by atoms with Gasteiger partial charge < -0.3 is 56.8 Å². The van der Waals surface area contributed by atoms with Gasteiger partial charge >= 0.3 is 0 Å². The first-order valence-electron chi connectivity index (χ1n) is 10.2. The number of aliphatic hydroxyl groups excluding tert-OH is 10. The van der Waals surface area contributed by atoms with Gasteiger partial charge in [-0.05, 0) is 11.1 Å². The van der Waals surface area contributed by atoms with Crippen molar-refractivity contribution in [3.63, 3.8) is 0 Å². The van der Waals surface area contributed by atoms with Gasteiger partial charge in [-0.3, -0.25) is 4.90 Å². The third-order valence-corrected chi connectivity index (χ3v) is 5.21. The van der Waals surface area contributed by atoms with E-state index in [4.69, 9.17) is 15.9 Å². The molecule has 13 heteroatoms. The Hall–Kier alpha value is -0.970. The maximum Gasteiger partial charge on any atom is 0.111 e. The lowest BCUT2D eigenvalue weighted by Gasteiger charge is -2.33. The van der Waals surface area contributed by atoms with E-state index in [9.17, 15) is 40.9 Å². The summed E-state index contributed by atoms with van der Waals surface area (Å²) >= 11 is 0. The fourth-order valence-electron chi connectivity index (χ4n) is 3.11. The van der Waals surface area contributed by atoms with Crippen LogP contribution in [0.3, 0.4) is 0 Å². The highest BCUT2D eigenvalue weighted by Gasteiger charge is 2.34. The first-order chi connectivity index (χ1) is 15.0. The lowest BCUT2D eigenvalue weighted by Crippen LogP contribution is -2.53. The summed E-state index contributed by atoms with van der Waals surface area (Å²) < 4.78 is 0. The number of rotatable bonds is 15. The van der Waals surface area contributed by atoms with Gasteiger partial charge in [-0.2, -0.15) is 0 Å². The second-order valence-electron chi connectivity index (χ2n) is 7.81. The molecule has 0 aliphatic carbocycles. The van der Waals surface area contributed by atoms with Crippen LogP contribution in [0, 0.1) is 0 Å². The smallest absolute Gasteiger partial charge is 0.111 e. The molecule has 0 spiro atoms. The van der Waals surface area contributed by atoms with E-state index in [1.807, 2.05) is 0 Å². The van der Waals surface area contributed by atoms with Gasteiger partial charge in [0.25, 0.3) is 0 Å². The molecule has 0 aliphatic heterocycles. The molecular weight excluding hydrogens is 464 g/mol. The fourth-order valence-corrected chi connectivity index (χ4v) is 3.11. The normalized spacial score (nSPS) is 19.2. The van der Waals surface area contributed by atoms with Crippen molar-refractivity contribution in [2.75, 3.05) is 26.3 Å². The predicted octanol–water partition coefficient (Wildman–Crippen LogP) is -4.76. The van der Waals surface area contributed by atoms with Crippen molar-refractivity contribution >= 4 is 12.4 Å². The first-order valence-corrected chi connectivity index (χ1v) is 10.2. The monoisotopic (exact) mass is 500 g/mol. The van der Waals surface area contributed by atoms with E-state index in [2.05, 4.69) is 0 Å². The summed E-state index contributed by atoms with van der Waals surface area (Å²) in [4.78, 5) is 1.41. The molecule has 1 aromatic rings. The summed E-state index contributed by atoms with van der Waals surface area (Å²) in [7, 11) is 0. The molecule has 0 amide bonds. The molecule has 0 saturated heterocycles. The van der Waals surface area contributed by atoms with Gasteiger partial charge in [-0.15, -0.1) is 12.4 Å². The molecule has 1 aromatic carbocycles. The molecular formula is C20H37ClN2O10. The third kappa shape index (κ3) is 10.0. The SMILES string of the molecule is Cl.NCc1ccc(CN(CC(O)C(O)C(O)C(O)CO)CC(O)C(O)C(O)C(O)CO)cc1. The molecule has 0 bridgehead atoms. The van der Waals surface area contributed by atoms with Crippen molar-refractivity contribution in [2.24, 2.45) is 5.73 Å². The average molecular weight is 501 g/mol. The second kappa shape index (κ2) is 15.8. The molecule has 33 heavy (non-hydrogen) atoms. The van der Waals surface area contributed by atoms with Crippen molar-refractivity contribution in [2.45, 2.75) is 61.9 Å². The topological polar surface area (TPSA) is 232 Å². The number of nitrogens with zero attached hydrogens (tertiary/aromatic N) is 1. The van der Waals surface area contributed by atoms with Crippen molar-refractivity contribution in [1.82, 2.24) is 4.90 Å². The average Bonchev–Trinajstić information content (AvgIpc) is 2.81. The molecule has 0 fully saturated rings. The zero-order valence-electron chi connectivity index (χ0n) is 18.1. The molecule has 0 aliphatic rings. The minimum absolute atomic E-state index is 0. The Morgan fingerprint density at radius 1 is 0.606 bits per heavy atom. The summed E-state index contributed by atoms with van der Waals surface area (Å²) in [5, 5.41) is 97.2. The predicted molar refractivity (Wildman–Crippen MR) is 119 cm³/mol. The van der Waals surface area contributed by atoms with Crippen molar-refractivity contribution in [1.29, 1.82) is 0 Å². The minimum atomic E-state index is -1.84. The molecule has 0 aromatic heterocycles. The number of benzene rings is 1. The number of hydrogen-bond donors (Lipinski definition) is 11. The largest absolute Gasteiger partial charge is 0.394 e. The number of halogens is 1. The van der Waals surface area contributed by atoms with Gasteiger partial charge in [0.1, 0.15) is 36.6 Å². The minimum Gasteiger partial charge on any atom is -0.394 e. The Bertz CT molecular complexity index is 614. The molecule has 8 atom stereocenters. The van der Waals surface area contributed by atoms with Crippen LogP contribution >= 0.6 is 12.4 Å². The van der Waals surface area contributed by atoms with Crippen molar-refractivity contribution < 1.29 is 51.1 Å². The van der Waals surface area contributed by atoms with E-state index < -0.39 is 62.0 Å². The standard InChI is InChI=1S/C20H36N2O10.ClH/c21-5-11-1-3-12(4-2-11)6-22(7-13(25)17(29)19(31)15(27)9-23)8-14(26)18(30)20(32)16(28)10-24;/h1-4,13-20,23-32H,5-10,21H2;1H. The van der Waals surface area contributed by atoms with E-state index in [1.165, 1.54) is 4.90 Å². The Labute approximate surface area is 198 Å². The molecule has 12 nitrogen and oxygen atoms in total. The molecule has 0 saturated carbocycles. The number of nitrogens with two attached hydrogens (primary N) is 1. The molecule has 12 N–H and O–H groups in total. The summed E-state index contributed by atoms with van der Waals surface area (Å²) in [5.41, 5.74) is 7.16. The number of hydrogen-bond acceptors (Lipinski definition) is 12. The van der Waals surface area contributed by atoms with Gasteiger partial charge in [-0.1, -0.05) is 24.3 Å². The van der Waals surface area contributed by atoms with E-state index in [-0.39, 0.29) is 32.0 Å². The van der Waals surface area contributed by atoms with Gasteiger partial charge in [0.05, 0.1) is 25.4 Å². The maximum atomic E-state index is 10.3. The van der Waals surface area contributed by atoms with Crippen LogP contribution in [0.25, 0.3) is 0 Å². The van der Waals surface area contributed by atoms with Gasteiger partial charge in [0, 0.05) is 26.2 Å².